The number of amidine groups is 1. The molecule has 0 aromatic carbocycles. The van der Waals surface area contributed by atoms with Crippen LogP contribution in [0.15, 0.2) is 4.99 Å². The Morgan fingerprint density at radius 2 is 2.67 bits per heavy atom. The minimum absolute atomic E-state index is 0.0440. The largest absolute Gasteiger partial charge is 0.358 e. The number of hydrogen-bond acceptors (Lipinski definition) is 4. The predicted octanol–water partition coefficient (Wildman–Crippen LogP) is -0.397. The van der Waals surface area contributed by atoms with Gasteiger partial charge in [-0.05, 0) is 17.0 Å². The van der Waals surface area contributed by atoms with Crippen LogP contribution in [0, 0.1) is 16.8 Å². The molecule has 0 aromatic heterocycles. The highest BCUT2D eigenvalue weighted by Gasteiger charge is 2.24. The van der Waals surface area contributed by atoms with Gasteiger partial charge in [0.1, 0.15) is 6.54 Å². The third-order valence-corrected chi connectivity index (χ3v) is 0.939. The normalized spacial score (nSPS) is 19.9. The van der Waals surface area contributed by atoms with E-state index in [1.165, 1.54) is 4.90 Å². The van der Waals surface area contributed by atoms with E-state index in [0.29, 0.717) is 0 Å². The van der Waals surface area contributed by atoms with Crippen LogP contribution in [0.1, 0.15) is 0 Å². The van der Waals surface area contributed by atoms with Crippen molar-refractivity contribution >= 4 is 5.84 Å². The molecule has 0 N–H and O–H groups in total. The lowest BCUT2D eigenvalue weighted by atomic mass is 10.6. The molecular weight excluding hydrogens is 122 g/mol. The van der Waals surface area contributed by atoms with Gasteiger partial charge in [-0.1, -0.05) is 0 Å². The molecule has 1 rings (SSSR count). The van der Waals surface area contributed by atoms with Crippen LogP contribution in [-0.2, 0) is 0 Å². The Balaban J connectivity index is 2.55. The minimum Gasteiger partial charge on any atom is -0.358 e. The number of hydrogen-bond donors (Lipinski definition) is 0. The molecule has 0 spiro atoms. The van der Waals surface area contributed by atoms with Gasteiger partial charge in [-0.25, -0.2) is 4.90 Å². The van der Waals surface area contributed by atoms with E-state index in [2.05, 4.69) is 11.7 Å². The van der Waals surface area contributed by atoms with Crippen molar-refractivity contribution in [3.8, 4) is 0 Å². The monoisotopic (exact) mass is 127 g/mol. The zero-order valence-corrected chi connectivity index (χ0v) is 4.87. The first kappa shape index (κ1) is 6.15. The van der Waals surface area contributed by atoms with Gasteiger partial charge in [-0.3, -0.25) is 0 Å². The zero-order chi connectivity index (χ0) is 6.85. The lowest BCUT2D eigenvalue weighted by Gasteiger charge is -1.96. The number of nitrogens with zero attached hydrogens (tertiary/aromatic N) is 3. The average molecular weight is 127 g/mol. The summed E-state index contributed by atoms with van der Waals surface area (Å²) < 4.78 is 0. The van der Waals surface area contributed by atoms with Gasteiger partial charge in [-0.15, -0.1) is 0 Å². The maximum Gasteiger partial charge on any atom is 0.350 e. The van der Waals surface area contributed by atoms with Gasteiger partial charge in [-0.2, -0.15) is 0 Å². The Morgan fingerprint density at radius 3 is 2.89 bits per heavy atom. The van der Waals surface area contributed by atoms with Gasteiger partial charge in [0.15, 0.2) is 0 Å². The molecule has 0 saturated heterocycles. The van der Waals surface area contributed by atoms with E-state index >= 15 is 0 Å². The molecule has 0 bridgehead atoms. The second-order valence-corrected chi connectivity index (χ2v) is 1.74. The maximum atomic E-state index is 9.96. The highest BCUT2D eigenvalue weighted by atomic mass is 16.6. The van der Waals surface area contributed by atoms with Crippen molar-refractivity contribution < 1.29 is 4.92 Å². The Morgan fingerprint density at radius 1 is 2.00 bits per heavy atom. The van der Waals surface area contributed by atoms with Crippen molar-refractivity contribution in [2.45, 2.75) is 0 Å². The summed E-state index contributed by atoms with van der Waals surface area (Å²) in [5.41, 5.74) is 0. The second-order valence-electron chi connectivity index (χ2n) is 1.74. The van der Waals surface area contributed by atoms with Crippen LogP contribution in [0.2, 0.25) is 0 Å². The zero-order valence-electron chi connectivity index (χ0n) is 4.87. The Labute approximate surface area is 52.1 Å². The second kappa shape index (κ2) is 2.10. The first-order valence-corrected chi connectivity index (χ1v) is 2.38. The summed E-state index contributed by atoms with van der Waals surface area (Å²) in [6, 6.07) is 0. The summed E-state index contributed by atoms with van der Waals surface area (Å²) >= 11 is 0. The molecule has 0 atom stereocenters. The number of likely N-dealkylation sites (N-methyl/N-ethyl adjacent to an activating group) is 1. The number of rotatable bonds is 0. The first-order valence-electron chi connectivity index (χ1n) is 2.38. The molecule has 1 heterocycles. The smallest absolute Gasteiger partial charge is 0.350 e. The van der Waals surface area contributed by atoms with Crippen LogP contribution in [0.4, 0.5) is 0 Å². The Hall–Kier alpha value is -0.970. The third-order valence-electron chi connectivity index (χ3n) is 0.939. The summed E-state index contributed by atoms with van der Waals surface area (Å²) in [5.74, 6) is -0.0440. The third kappa shape index (κ3) is 1.23. The van der Waals surface area contributed by atoms with Gasteiger partial charge in [0.05, 0.1) is 0 Å². The van der Waals surface area contributed by atoms with Gasteiger partial charge in [0, 0.05) is 0 Å². The van der Waals surface area contributed by atoms with E-state index in [0.717, 1.165) is 0 Å². The fourth-order valence-corrected chi connectivity index (χ4v) is 0.524. The van der Waals surface area contributed by atoms with Crippen LogP contribution in [0.5, 0.6) is 0 Å². The highest BCUT2D eigenvalue weighted by Crippen LogP contribution is 2.00. The Kier molecular flexibility index (Phi) is 1.44. The summed E-state index contributed by atoms with van der Waals surface area (Å²) in [7, 11) is 1.68. The number of aliphatic imine (C=N–C) groups is 1. The molecule has 0 aromatic rings. The molecule has 1 aliphatic heterocycles. The van der Waals surface area contributed by atoms with Crippen molar-refractivity contribution in [3.05, 3.63) is 16.8 Å². The quantitative estimate of drug-likeness (QED) is 0.328. The van der Waals surface area contributed by atoms with Crippen LogP contribution >= 0.6 is 0 Å². The molecule has 5 heteroatoms. The predicted molar refractivity (Wildman–Crippen MR) is 30.3 cm³/mol. The van der Waals surface area contributed by atoms with E-state index in [1.54, 1.807) is 7.05 Å². The maximum absolute atomic E-state index is 9.96. The lowest BCUT2D eigenvalue weighted by Crippen LogP contribution is -2.20. The molecule has 1 aliphatic rings. The van der Waals surface area contributed by atoms with Crippen LogP contribution in [-0.4, -0.2) is 29.3 Å². The fraction of sp³-hybridized carbons (Fsp3) is 0.500. The van der Waals surface area contributed by atoms with Crippen LogP contribution < -0.4 is 0 Å². The molecule has 5 nitrogen and oxygen atoms in total. The first-order chi connectivity index (χ1) is 4.20. The molecule has 0 saturated carbocycles. The number of nitro groups is 1. The minimum atomic E-state index is -0.503. The summed E-state index contributed by atoms with van der Waals surface area (Å²) in [6.07, 6.45) is 0. The molecule has 2 radical (unpaired) electrons. The van der Waals surface area contributed by atoms with E-state index in [1.807, 2.05) is 0 Å². The summed E-state index contributed by atoms with van der Waals surface area (Å²) in [6.45, 7) is 2.69. The average Bonchev–Trinajstić information content (AvgIpc) is 2.14. The van der Waals surface area contributed by atoms with Crippen LogP contribution in [0.25, 0.3) is 0 Å². The van der Waals surface area contributed by atoms with Gasteiger partial charge in [0.2, 0.25) is 0 Å². The van der Waals surface area contributed by atoms with Gasteiger partial charge in [0.25, 0.3) is 0 Å². The highest BCUT2D eigenvalue weighted by molar-refractivity contribution is 5.78. The van der Waals surface area contributed by atoms with Gasteiger partial charge < -0.3 is 10.1 Å². The molecule has 0 fully saturated rings. The van der Waals surface area contributed by atoms with E-state index < -0.39 is 4.92 Å². The van der Waals surface area contributed by atoms with Crippen molar-refractivity contribution in [1.29, 1.82) is 0 Å². The molecule has 9 heavy (non-hydrogen) atoms. The lowest BCUT2D eigenvalue weighted by molar-refractivity contribution is -0.351. The van der Waals surface area contributed by atoms with Crippen molar-refractivity contribution in [2.24, 2.45) is 4.99 Å². The van der Waals surface area contributed by atoms with Crippen molar-refractivity contribution in [1.82, 2.24) is 4.90 Å². The Bertz CT molecular complexity index is 165. The van der Waals surface area contributed by atoms with Gasteiger partial charge >= 0.3 is 12.5 Å². The standard InChI is InChI=1S/C4H5N3O2/c1-6-2-4(5-3-6)7(8)9/h2H2,1H3. The van der Waals surface area contributed by atoms with E-state index in [9.17, 15) is 10.1 Å². The summed E-state index contributed by atoms with van der Waals surface area (Å²) in [5, 5.41) is 9.96. The molecule has 0 amide bonds. The van der Waals surface area contributed by atoms with Crippen LogP contribution in [0.3, 0.4) is 0 Å². The molecule has 0 aliphatic carbocycles. The molecule has 48 valence electrons. The topological polar surface area (TPSA) is 58.7 Å². The SMILES string of the molecule is CN1[C]N=C([N+](=O)[O-])C1. The molecule has 0 unspecified atom stereocenters. The summed E-state index contributed by atoms with van der Waals surface area (Å²) in [4.78, 5) is 14.4. The van der Waals surface area contributed by atoms with E-state index in [4.69, 9.17) is 0 Å². The van der Waals surface area contributed by atoms with Crippen molar-refractivity contribution in [2.75, 3.05) is 13.6 Å². The molecular formula is C4H5N3O2. The van der Waals surface area contributed by atoms with Crippen molar-refractivity contribution in [3.63, 3.8) is 0 Å². The van der Waals surface area contributed by atoms with E-state index in [-0.39, 0.29) is 12.4 Å². The fourth-order valence-electron chi connectivity index (χ4n) is 0.524.